The molecule has 0 aliphatic heterocycles. The number of nitrogens with one attached hydrogen (secondary N) is 2. The molecule has 0 atom stereocenters. The van der Waals surface area contributed by atoms with Crippen molar-refractivity contribution < 1.29 is 18.0 Å². The van der Waals surface area contributed by atoms with Gasteiger partial charge in [-0.3, -0.25) is 14.3 Å². The number of hydrogen-bond donors (Lipinski definition) is 2. The van der Waals surface area contributed by atoms with Crippen LogP contribution in [0.5, 0.6) is 0 Å². The molecule has 2 N–H and O–H groups in total. The van der Waals surface area contributed by atoms with Crippen LogP contribution < -0.4 is 10.0 Å². The summed E-state index contributed by atoms with van der Waals surface area (Å²) in [5.41, 5.74) is 2.38. The Morgan fingerprint density at radius 2 is 1.54 bits per heavy atom. The minimum atomic E-state index is -3.34. The Hall–Kier alpha value is -2.93. The van der Waals surface area contributed by atoms with Crippen molar-refractivity contribution in [2.45, 2.75) is 13.8 Å². The summed E-state index contributed by atoms with van der Waals surface area (Å²) >= 11 is 0. The van der Waals surface area contributed by atoms with Crippen molar-refractivity contribution in [2.75, 3.05) is 15.8 Å². The van der Waals surface area contributed by atoms with Crippen LogP contribution >= 0.6 is 0 Å². The van der Waals surface area contributed by atoms with Gasteiger partial charge >= 0.3 is 0 Å². The van der Waals surface area contributed by atoms with E-state index in [0.717, 1.165) is 5.56 Å². The highest BCUT2D eigenvalue weighted by Crippen LogP contribution is 2.14. The zero-order valence-electron chi connectivity index (χ0n) is 14.5. The predicted molar refractivity (Wildman–Crippen MR) is 104 cm³/mol. The number of carbonyl (C=O) groups excluding carboxylic acids is 2. The minimum absolute atomic E-state index is 0.0167. The fourth-order valence-corrected chi connectivity index (χ4v) is 2.74. The second-order valence-corrected chi connectivity index (χ2v) is 7.59. The van der Waals surface area contributed by atoms with Crippen molar-refractivity contribution in [1.82, 2.24) is 0 Å². The topological polar surface area (TPSA) is 92.3 Å². The quantitative estimate of drug-likeness (QED) is 0.576. The van der Waals surface area contributed by atoms with Gasteiger partial charge in [-0.25, -0.2) is 8.42 Å². The molecule has 26 heavy (non-hydrogen) atoms. The Morgan fingerprint density at radius 3 is 2.08 bits per heavy atom. The van der Waals surface area contributed by atoms with E-state index in [0.29, 0.717) is 16.9 Å². The first kappa shape index (κ1) is 19.4. The Balaban J connectivity index is 2.02. The summed E-state index contributed by atoms with van der Waals surface area (Å²) in [6.45, 7) is 2.98. The normalized spacial score (nSPS) is 11.3. The van der Waals surface area contributed by atoms with E-state index in [2.05, 4.69) is 10.0 Å². The van der Waals surface area contributed by atoms with Gasteiger partial charge in [0.15, 0.2) is 5.78 Å². The van der Waals surface area contributed by atoms with Gasteiger partial charge < -0.3 is 5.32 Å². The first-order valence-corrected chi connectivity index (χ1v) is 9.65. The van der Waals surface area contributed by atoms with Gasteiger partial charge in [0.2, 0.25) is 15.9 Å². The summed E-state index contributed by atoms with van der Waals surface area (Å²) in [4.78, 5) is 23.2. The van der Waals surface area contributed by atoms with E-state index in [1.54, 1.807) is 61.5 Å². The van der Waals surface area contributed by atoms with E-state index in [9.17, 15) is 18.0 Å². The fourth-order valence-electron chi connectivity index (χ4n) is 2.10. The summed E-state index contributed by atoms with van der Waals surface area (Å²) in [6.07, 6.45) is 3.12. The molecule has 7 heteroatoms. The highest BCUT2D eigenvalue weighted by molar-refractivity contribution is 7.92. The molecule has 0 bridgehead atoms. The van der Waals surface area contributed by atoms with Crippen molar-refractivity contribution in [3.05, 3.63) is 65.7 Å². The summed E-state index contributed by atoms with van der Waals surface area (Å²) < 4.78 is 25.5. The molecule has 0 radical (unpaired) electrons. The van der Waals surface area contributed by atoms with Crippen molar-refractivity contribution >= 4 is 39.2 Å². The molecular weight excluding hydrogens is 352 g/mol. The third kappa shape index (κ3) is 5.86. The van der Waals surface area contributed by atoms with Gasteiger partial charge in [0.1, 0.15) is 0 Å². The van der Waals surface area contributed by atoms with Gasteiger partial charge in [-0.05, 0) is 55.0 Å². The molecule has 0 saturated carbocycles. The molecule has 0 spiro atoms. The van der Waals surface area contributed by atoms with Gasteiger partial charge in [0, 0.05) is 23.9 Å². The van der Waals surface area contributed by atoms with E-state index in [4.69, 9.17) is 0 Å². The lowest BCUT2D eigenvalue weighted by atomic mass is 10.1. The maximum absolute atomic E-state index is 12.2. The van der Waals surface area contributed by atoms with Gasteiger partial charge in [0.25, 0.3) is 0 Å². The lowest BCUT2D eigenvalue weighted by molar-refractivity contribution is -0.114. The maximum atomic E-state index is 12.2. The summed E-state index contributed by atoms with van der Waals surface area (Å²) in [5.74, 6) is -0.356. The third-order valence-corrected chi connectivity index (χ3v) is 4.79. The van der Waals surface area contributed by atoms with Gasteiger partial charge in [-0.1, -0.05) is 18.2 Å². The van der Waals surface area contributed by atoms with Crippen LogP contribution in [-0.2, 0) is 14.8 Å². The minimum Gasteiger partial charge on any atom is -0.326 e. The SMILES string of the molecule is CCS(=O)(=O)Nc1ccc(C(=O)/C=C/c2ccc(NC(C)=O)cc2)cc1. The van der Waals surface area contributed by atoms with Gasteiger partial charge in [-0.15, -0.1) is 0 Å². The largest absolute Gasteiger partial charge is 0.326 e. The number of carbonyl (C=O) groups is 2. The van der Waals surface area contributed by atoms with Crippen LogP contribution in [0.3, 0.4) is 0 Å². The van der Waals surface area contributed by atoms with Crippen LogP contribution in [-0.4, -0.2) is 25.9 Å². The molecule has 0 unspecified atom stereocenters. The number of benzene rings is 2. The van der Waals surface area contributed by atoms with Crippen LogP contribution in [0.1, 0.15) is 29.8 Å². The zero-order valence-corrected chi connectivity index (χ0v) is 15.3. The van der Waals surface area contributed by atoms with Crippen LogP contribution in [0.25, 0.3) is 6.08 Å². The predicted octanol–water partition coefficient (Wildman–Crippen LogP) is 3.30. The number of amides is 1. The third-order valence-electron chi connectivity index (χ3n) is 3.48. The van der Waals surface area contributed by atoms with Crippen molar-refractivity contribution in [2.24, 2.45) is 0 Å². The smallest absolute Gasteiger partial charge is 0.232 e. The fraction of sp³-hybridized carbons (Fsp3) is 0.158. The maximum Gasteiger partial charge on any atom is 0.232 e. The van der Waals surface area contributed by atoms with E-state index in [-0.39, 0.29) is 17.4 Å². The standard InChI is InChI=1S/C19H20N2O4S/c1-3-26(24,25)21-18-11-7-16(8-12-18)19(23)13-6-15-4-9-17(10-5-15)20-14(2)22/h4-13,21H,3H2,1-2H3,(H,20,22)/b13-6+. The summed E-state index contributed by atoms with van der Waals surface area (Å²) in [7, 11) is -3.34. The summed E-state index contributed by atoms with van der Waals surface area (Å²) in [5, 5.41) is 2.67. The number of sulfonamides is 1. The lowest BCUT2D eigenvalue weighted by Crippen LogP contribution is -2.14. The number of hydrogen-bond acceptors (Lipinski definition) is 4. The molecule has 1 amide bonds. The van der Waals surface area contributed by atoms with E-state index >= 15 is 0 Å². The molecule has 2 rings (SSSR count). The monoisotopic (exact) mass is 372 g/mol. The van der Waals surface area contributed by atoms with Crippen LogP contribution in [0, 0.1) is 0 Å². The Morgan fingerprint density at radius 1 is 0.962 bits per heavy atom. The Labute approximate surface area is 153 Å². The summed E-state index contributed by atoms with van der Waals surface area (Å²) in [6, 6.07) is 13.3. The first-order valence-electron chi connectivity index (χ1n) is 7.99. The second kappa shape index (κ2) is 8.44. The van der Waals surface area contributed by atoms with Crippen LogP contribution in [0.4, 0.5) is 11.4 Å². The zero-order chi connectivity index (χ0) is 19.2. The Kier molecular flexibility index (Phi) is 6.30. The van der Waals surface area contributed by atoms with Crippen LogP contribution in [0.15, 0.2) is 54.6 Å². The number of rotatable bonds is 7. The molecule has 136 valence electrons. The highest BCUT2D eigenvalue weighted by atomic mass is 32.2. The Bertz CT molecular complexity index is 915. The molecule has 0 aliphatic carbocycles. The highest BCUT2D eigenvalue weighted by Gasteiger charge is 2.07. The molecule has 2 aromatic rings. The van der Waals surface area contributed by atoms with Crippen molar-refractivity contribution in [3.63, 3.8) is 0 Å². The lowest BCUT2D eigenvalue weighted by Gasteiger charge is -2.06. The molecule has 0 aliphatic rings. The number of ketones is 1. The van der Waals surface area contributed by atoms with Gasteiger partial charge in [0.05, 0.1) is 5.75 Å². The molecular formula is C19H20N2O4S. The van der Waals surface area contributed by atoms with E-state index in [1.165, 1.54) is 13.0 Å². The molecule has 0 saturated heterocycles. The van der Waals surface area contributed by atoms with Crippen molar-refractivity contribution in [1.29, 1.82) is 0 Å². The van der Waals surface area contributed by atoms with Crippen LogP contribution in [0.2, 0.25) is 0 Å². The number of allylic oxidation sites excluding steroid dienone is 1. The molecule has 2 aromatic carbocycles. The second-order valence-electron chi connectivity index (χ2n) is 5.58. The molecule has 0 aromatic heterocycles. The molecule has 6 nitrogen and oxygen atoms in total. The van der Waals surface area contributed by atoms with E-state index < -0.39 is 10.0 Å². The molecule has 0 heterocycles. The first-order chi connectivity index (χ1) is 12.3. The number of anilines is 2. The van der Waals surface area contributed by atoms with E-state index in [1.807, 2.05) is 0 Å². The van der Waals surface area contributed by atoms with Gasteiger partial charge in [-0.2, -0.15) is 0 Å². The van der Waals surface area contributed by atoms with Crippen molar-refractivity contribution in [3.8, 4) is 0 Å². The average molecular weight is 372 g/mol. The molecule has 0 fully saturated rings. The average Bonchev–Trinajstić information content (AvgIpc) is 2.61.